The number of likely N-dealkylation sites (tertiary alicyclic amines) is 1. The number of hydrogen-bond acceptors (Lipinski definition) is 3. The molecule has 2 atom stereocenters. The summed E-state index contributed by atoms with van der Waals surface area (Å²) in [5.41, 5.74) is 0. The van der Waals surface area contributed by atoms with Crippen LogP contribution in [0.15, 0.2) is 0 Å². The van der Waals surface area contributed by atoms with Crippen molar-refractivity contribution >= 4 is 0 Å². The molecule has 2 unspecified atom stereocenters. The Morgan fingerprint density at radius 1 is 1.20 bits per heavy atom. The van der Waals surface area contributed by atoms with Gasteiger partial charge in [-0.2, -0.15) is 0 Å². The van der Waals surface area contributed by atoms with Gasteiger partial charge in [-0.15, -0.1) is 0 Å². The number of piperidine rings is 2. The van der Waals surface area contributed by atoms with Gasteiger partial charge < -0.3 is 10.1 Å². The number of hydrogen-bond donors (Lipinski definition) is 1. The van der Waals surface area contributed by atoms with E-state index >= 15 is 0 Å². The molecule has 0 aromatic heterocycles. The summed E-state index contributed by atoms with van der Waals surface area (Å²) in [5, 5.41) is 3.43. The molecule has 0 bridgehead atoms. The van der Waals surface area contributed by atoms with Gasteiger partial charge in [0.05, 0.1) is 6.10 Å². The van der Waals surface area contributed by atoms with Gasteiger partial charge in [-0.25, -0.2) is 0 Å². The standard InChI is InChI=1S/C12H24N2O/c1-10-5-8-14(9-12(10)15-2)11-3-6-13-7-4-11/h10-13H,3-9H2,1-2H3. The zero-order valence-electron chi connectivity index (χ0n) is 10.0. The van der Waals surface area contributed by atoms with Gasteiger partial charge in [0.15, 0.2) is 0 Å². The van der Waals surface area contributed by atoms with Crippen molar-refractivity contribution in [3.05, 3.63) is 0 Å². The highest BCUT2D eigenvalue weighted by atomic mass is 16.5. The molecule has 2 fully saturated rings. The predicted octanol–water partition coefficient (Wildman–Crippen LogP) is 1.10. The third-order valence-corrected chi connectivity index (χ3v) is 4.05. The van der Waals surface area contributed by atoms with Crippen LogP contribution in [0.1, 0.15) is 26.2 Å². The van der Waals surface area contributed by atoms with Gasteiger partial charge >= 0.3 is 0 Å². The molecular formula is C12H24N2O. The van der Waals surface area contributed by atoms with E-state index in [1.165, 1.54) is 38.9 Å². The van der Waals surface area contributed by atoms with Gasteiger partial charge in [-0.05, 0) is 44.8 Å². The fraction of sp³-hybridized carbons (Fsp3) is 1.00. The van der Waals surface area contributed by atoms with Crippen LogP contribution in [0, 0.1) is 5.92 Å². The average Bonchev–Trinajstić information content (AvgIpc) is 2.31. The Kier molecular flexibility index (Phi) is 4.00. The predicted molar refractivity (Wildman–Crippen MR) is 62.0 cm³/mol. The van der Waals surface area contributed by atoms with E-state index in [0.717, 1.165) is 18.5 Å². The van der Waals surface area contributed by atoms with E-state index in [1.807, 2.05) is 7.11 Å². The van der Waals surface area contributed by atoms with Gasteiger partial charge in [-0.3, -0.25) is 4.90 Å². The number of ether oxygens (including phenoxy) is 1. The van der Waals surface area contributed by atoms with Crippen molar-refractivity contribution in [2.75, 3.05) is 33.3 Å². The first-order chi connectivity index (χ1) is 7.31. The molecule has 0 amide bonds. The summed E-state index contributed by atoms with van der Waals surface area (Å²) < 4.78 is 5.57. The normalized spacial score (nSPS) is 35.6. The van der Waals surface area contributed by atoms with Crippen LogP contribution in [0.4, 0.5) is 0 Å². The fourth-order valence-corrected chi connectivity index (χ4v) is 2.87. The molecule has 0 aromatic rings. The molecule has 2 aliphatic rings. The summed E-state index contributed by atoms with van der Waals surface area (Å²) in [5.74, 6) is 0.730. The quantitative estimate of drug-likeness (QED) is 0.742. The topological polar surface area (TPSA) is 24.5 Å². The Bertz CT molecular complexity index is 192. The van der Waals surface area contributed by atoms with Crippen LogP contribution >= 0.6 is 0 Å². The molecule has 88 valence electrons. The Hall–Kier alpha value is -0.120. The smallest absolute Gasteiger partial charge is 0.0724 e. The van der Waals surface area contributed by atoms with E-state index in [9.17, 15) is 0 Å². The van der Waals surface area contributed by atoms with E-state index in [1.54, 1.807) is 0 Å². The highest BCUT2D eigenvalue weighted by Crippen LogP contribution is 2.23. The molecule has 2 heterocycles. The molecule has 2 aliphatic heterocycles. The van der Waals surface area contributed by atoms with Gasteiger partial charge in [0.1, 0.15) is 0 Å². The van der Waals surface area contributed by atoms with E-state index < -0.39 is 0 Å². The molecule has 3 heteroatoms. The van der Waals surface area contributed by atoms with Crippen LogP contribution < -0.4 is 5.32 Å². The SMILES string of the molecule is COC1CN(C2CCNCC2)CCC1C. The Morgan fingerprint density at radius 3 is 2.60 bits per heavy atom. The van der Waals surface area contributed by atoms with Crippen LogP contribution in [0.2, 0.25) is 0 Å². The maximum Gasteiger partial charge on any atom is 0.0724 e. The lowest BCUT2D eigenvalue weighted by molar-refractivity contribution is -0.0230. The molecule has 0 aliphatic carbocycles. The van der Waals surface area contributed by atoms with Crippen molar-refractivity contribution < 1.29 is 4.74 Å². The second-order valence-corrected chi connectivity index (χ2v) is 5.02. The Balaban J connectivity index is 1.87. The number of nitrogens with one attached hydrogen (secondary N) is 1. The van der Waals surface area contributed by atoms with Crippen LogP contribution in [0.25, 0.3) is 0 Å². The zero-order valence-corrected chi connectivity index (χ0v) is 10.0. The summed E-state index contributed by atoms with van der Waals surface area (Å²) in [6, 6.07) is 0.802. The minimum Gasteiger partial charge on any atom is -0.380 e. The van der Waals surface area contributed by atoms with Crippen LogP contribution in [-0.2, 0) is 4.74 Å². The third kappa shape index (κ3) is 2.71. The van der Waals surface area contributed by atoms with Crippen LogP contribution in [0.5, 0.6) is 0 Å². The van der Waals surface area contributed by atoms with Gasteiger partial charge in [0.25, 0.3) is 0 Å². The molecule has 2 rings (SSSR count). The summed E-state index contributed by atoms with van der Waals surface area (Å²) in [6.45, 7) is 7.10. The monoisotopic (exact) mass is 212 g/mol. The second-order valence-electron chi connectivity index (χ2n) is 5.02. The highest BCUT2D eigenvalue weighted by Gasteiger charge is 2.30. The molecular weight excluding hydrogens is 188 g/mol. The fourth-order valence-electron chi connectivity index (χ4n) is 2.87. The Morgan fingerprint density at radius 2 is 1.93 bits per heavy atom. The van der Waals surface area contributed by atoms with Crippen LogP contribution in [0.3, 0.4) is 0 Å². The summed E-state index contributed by atoms with van der Waals surface area (Å²) >= 11 is 0. The first-order valence-electron chi connectivity index (χ1n) is 6.29. The summed E-state index contributed by atoms with van der Waals surface area (Å²) in [4.78, 5) is 2.65. The third-order valence-electron chi connectivity index (χ3n) is 4.05. The van der Waals surface area contributed by atoms with Crippen molar-refractivity contribution in [1.29, 1.82) is 0 Å². The van der Waals surface area contributed by atoms with Crippen molar-refractivity contribution in [3.63, 3.8) is 0 Å². The second kappa shape index (κ2) is 5.28. The number of nitrogens with zero attached hydrogens (tertiary/aromatic N) is 1. The zero-order chi connectivity index (χ0) is 10.7. The summed E-state index contributed by atoms with van der Waals surface area (Å²) in [7, 11) is 1.85. The maximum absolute atomic E-state index is 5.57. The first-order valence-corrected chi connectivity index (χ1v) is 6.29. The maximum atomic E-state index is 5.57. The van der Waals surface area contributed by atoms with Crippen molar-refractivity contribution in [3.8, 4) is 0 Å². The molecule has 15 heavy (non-hydrogen) atoms. The molecule has 0 radical (unpaired) electrons. The largest absolute Gasteiger partial charge is 0.380 e. The average molecular weight is 212 g/mol. The minimum atomic E-state index is 0.452. The summed E-state index contributed by atoms with van der Waals surface area (Å²) in [6.07, 6.45) is 4.37. The molecule has 2 saturated heterocycles. The molecule has 0 aromatic carbocycles. The van der Waals surface area contributed by atoms with E-state index in [-0.39, 0.29) is 0 Å². The first kappa shape index (κ1) is 11.4. The van der Waals surface area contributed by atoms with Crippen LogP contribution in [-0.4, -0.2) is 50.3 Å². The van der Waals surface area contributed by atoms with Crippen molar-refractivity contribution in [1.82, 2.24) is 10.2 Å². The lowest BCUT2D eigenvalue weighted by atomic mass is 9.93. The van der Waals surface area contributed by atoms with E-state index in [0.29, 0.717) is 6.10 Å². The van der Waals surface area contributed by atoms with Crippen molar-refractivity contribution in [2.24, 2.45) is 5.92 Å². The lowest BCUT2D eigenvalue weighted by Crippen LogP contribution is -2.51. The van der Waals surface area contributed by atoms with Gasteiger partial charge in [0, 0.05) is 19.7 Å². The Labute approximate surface area is 93.2 Å². The van der Waals surface area contributed by atoms with Crippen molar-refractivity contribution in [2.45, 2.75) is 38.3 Å². The molecule has 0 saturated carbocycles. The minimum absolute atomic E-state index is 0.452. The van der Waals surface area contributed by atoms with E-state index in [4.69, 9.17) is 4.74 Å². The molecule has 1 N–H and O–H groups in total. The number of rotatable bonds is 2. The molecule has 3 nitrogen and oxygen atoms in total. The van der Waals surface area contributed by atoms with Gasteiger partial charge in [0.2, 0.25) is 0 Å². The van der Waals surface area contributed by atoms with Gasteiger partial charge in [-0.1, -0.05) is 6.92 Å². The lowest BCUT2D eigenvalue weighted by Gasteiger charge is -2.42. The molecule has 0 spiro atoms. The number of methoxy groups -OCH3 is 1. The highest BCUT2D eigenvalue weighted by molar-refractivity contribution is 4.85. The van der Waals surface area contributed by atoms with E-state index in [2.05, 4.69) is 17.1 Å².